The molecule has 0 bridgehead atoms. The zero-order chi connectivity index (χ0) is 22.0. The number of rotatable bonds is 6. The van der Waals surface area contributed by atoms with Crippen molar-refractivity contribution in [2.45, 2.75) is 13.8 Å². The molecule has 0 aliphatic heterocycles. The maximum Gasteiger partial charge on any atom is 0.250 e. The maximum absolute atomic E-state index is 12.4. The predicted molar refractivity (Wildman–Crippen MR) is 127 cm³/mol. The van der Waals surface area contributed by atoms with Gasteiger partial charge >= 0.3 is 0 Å². The van der Waals surface area contributed by atoms with Crippen LogP contribution in [0.2, 0.25) is 10.0 Å². The molecule has 4 rings (SSSR count). The molecule has 0 saturated carbocycles. The molecule has 4 aromatic rings. The molecule has 0 aliphatic carbocycles. The molecule has 158 valence electrons. The van der Waals surface area contributed by atoms with Crippen LogP contribution < -0.4 is 10.1 Å². The number of furan rings is 1. The number of fused-ring (bicyclic) bond motifs is 1. The second kappa shape index (κ2) is 9.14. The summed E-state index contributed by atoms with van der Waals surface area (Å²) >= 11 is 13.8. The zero-order valence-electron chi connectivity index (χ0n) is 16.7. The lowest BCUT2D eigenvalue weighted by Crippen LogP contribution is -2.08. The molecule has 0 radical (unpaired) electrons. The number of hydrogen-bond acceptors (Lipinski definition) is 5. The quantitative estimate of drug-likeness (QED) is 0.299. The van der Waals surface area contributed by atoms with Gasteiger partial charge in [0.15, 0.2) is 5.13 Å². The number of carbonyl (C=O) groups excluding carboxylic acids is 1. The molecule has 0 saturated heterocycles. The highest BCUT2D eigenvalue weighted by atomic mass is 35.5. The molecule has 1 N–H and O–H groups in total. The molecular weight excluding hydrogens is 455 g/mol. The topological polar surface area (TPSA) is 64.4 Å². The normalized spacial score (nSPS) is 11.7. The molecule has 2 heterocycles. The van der Waals surface area contributed by atoms with E-state index in [-0.39, 0.29) is 5.91 Å². The smallest absolute Gasteiger partial charge is 0.250 e. The van der Waals surface area contributed by atoms with Crippen LogP contribution in [0.5, 0.6) is 5.75 Å². The van der Waals surface area contributed by atoms with E-state index in [1.165, 1.54) is 17.4 Å². The van der Waals surface area contributed by atoms with Gasteiger partial charge in [-0.05, 0) is 37.6 Å². The SMILES string of the molecule is CCOc1cc2occ(-c3ccc(Cl)cc3Cl)c2cc1/C(C)=C/C(=O)Nc1nccs1. The van der Waals surface area contributed by atoms with Gasteiger partial charge in [0.2, 0.25) is 5.91 Å². The van der Waals surface area contributed by atoms with E-state index in [0.29, 0.717) is 33.1 Å². The van der Waals surface area contributed by atoms with E-state index in [1.54, 1.807) is 30.0 Å². The van der Waals surface area contributed by atoms with Gasteiger partial charge in [0.1, 0.15) is 11.3 Å². The number of aromatic nitrogens is 1. The monoisotopic (exact) mass is 472 g/mol. The average molecular weight is 473 g/mol. The molecule has 0 fully saturated rings. The maximum atomic E-state index is 12.4. The minimum Gasteiger partial charge on any atom is -0.493 e. The van der Waals surface area contributed by atoms with Crippen LogP contribution >= 0.6 is 34.5 Å². The van der Waals surface area contributed by atoms with E-state index in [9.17, 15) is 4.79 Å². The lowest BCUT2D eigenvalue weighted by molar-refractivity contribution is -0.111. The summed E-state index contributed by atoms with van der Waals surface area (Å²) in [5.41, 5.74) is 3.84. The molecule has 0 spiro atoms. The Labute approximate surface area is 193 Å². The molecule has 2 aromatic carbocycles. The highest BCUT2D eigenvalue weighted by molar-refractivity contribution is 7.13. The number of halogens is 2. The number of anilines is 1. The van der Waals surface area contributed by atoms with Gasteiger partial charge < -0.3 is 9.15 Å². The Morgan fingerprint density at radius 1 is 1.26 bits per heavy atom. The number of nitrogens with one attached hydrogen (secondary N) is 1. The zero-order valence-corrected chi connectivity index (χ0v) is 19.1. The summed E-state index contributed by atoms with van der Waals surface area (Å²) in [6, 6.07) is 9.12. The third-order valence-corrected chi connectivity index (χ3v) is 5.87. The molecule has 0 aliphatic rings. The predicted octanol–water partition coefficient (Wildman–Crippen LogP) is 7.30. The van der Waals surface area contributed by atoms with Gasteiger partial charge in [0.25, 0.3) is 0 Å². The van der Waals surface area contributed by atoms with E-state index in [2.05, 4.69) is 10.3 Å². The summed E-state index contributed by atoms with van der Waals surface area (Å²) in [7, 11) is 0. The Bertz CT molecular complexity index is 1280. The van der Waals surface area contributed by atoms with Gasteiger partial charge in [-0.25, -0.2) is 4.98 Å². The summed E-state index contributed by atoms with van der Waals surface area (Å²) in [6.45, 7) is 4.25. The fraction of sp³-hybridized carbons (Fsp3) is 0.130. The number of thiazole rings is 1. The molecule has 31 heavy (non-hydrogen) atoms. The van der Waals surface area contributed by atoms with Crippen LogP contribution in [0.15, 0.2) is 58.7 Å². The Kier molecular flexibility index (Phi) is 6.32. The summed E-state index contributed by atoms with van der Waals surface area (Å²) in [5, 5.41) is 7.05. The van der Waals surface area contributed by atoms with Crippen molar-refractivity contribution in [3.63, 3.8) is 0 Å². The number of amides is 1. The lowest BCUT2D eigenvalue weighted by atomic mass is 9.99. The van der Waals surface area contributed by atoms with Gasteiger partial charge in [0.05, 0.1) is 17.9 Å². The molecule has 1 amide bonds. The Morgan fingerprint density at radius 3 is 2.81 bits per heavy atom. The van der Waals surface area contributed by atoms with E-state index in [1.807, 2.05) is 32.0 Å². The minimum absolute atomic E-state index is 0.261. The van der Waals surface area contributed by atoms with E-state index in [0.717, 1.165) is 27.6 Å². The van der Waals surface area contributed by atoms with Crippen LogP contribution in [-0.4, -0.2) is 17.5 Å². The lowest BCUT2D eigenvalue weighted by Gasteiger charge is -2.12. The number of benzene rings is 2. The number of hydrogen-bond donors (Lipinski definition) is 1. The van der Waals surface area contributed by atoms with Crippen LogP contribution in [-0.2, 0) is 4.79 Å². The summed E-state index contributed by atoms with van der Waals surface area (Å²) in [5.74, 6) is 0.372. The summed E-state index contributed by atoms with van der Waals surface area (Å²) < 4.78 is 11.6. The summed E-state index contributed by atoms with van der Waals surface area (Å²) in [4.78, 5) is 16.5. The van der Waals surface area contributed by atoms with Crippen molar-refractivity contribution in [3.05, 3.63) is 69.9 Å². The van der Waals surface area contributed by atoms with Gasteiger partial charge in [-0.1, -0.05) is 29.3 Å². The first-order chi connectivity index (χ1) is 15.0. The van der Waals surface area contributed by atoms with Crippen LogP contribution in [0.4, 0.5) is 5.13 Å². The number of ether oxygens (including phenoxy) is 1. The largest absolute Gasteiger partial charge is 0.493 e. The minimum atomic E-state index is -0.261. The van der Waals surface area contributed by atoms with Crippen LogP contribution in [0.3, 0.4) is 0 Å². The first kappa shape index (κ1) is 21.4. The van der Waals surface area contributed by atoms with E-state index in [4.69, 9.17) is 32.4 Å². The standard InChI is InChI=1S/C23H18Cl2N2O3S/c1-3-29-20-11-21-17(18(12-30-21)15-5-4-14(24)9-19(15)25)10-16(20)13(2)8-22(28)27-23-26-6-7-31-23/h4-12H,3H2,1-2H3,(H,26,27,28)/b13-8+. The third-order valence-electron chi connectivity index (χ3n) is 4.63. The Hall–Kier alpha value is -2.80. The fourth-order valence-electron chi connectivity index (χ4n) is 3.26. The Balaban J connectivity index is 1.78. The molecule has 2 aromatic heterocycles. The highest BCUT2D eigenvalue weighted by Crippen LogP contribution is 2.40. The van der Waals surface area contributed by atoms with E-state index < -0.39 is 0 Å². The van der Waals surface area contributed by atoms with Crippen LogP contribution in [0.25, 0.3) is 27.7 Å². The fourth-order valence-corrected chi connectivity index (χ4v) is 4.30. The number of carbonyl (C=O) groups is 1. The molecule has 0 unspecified atom stereocenters. The Morgan fingerprint density at radius 2 is 2.10 bits per heavy atom. The second-order valence-corrected chi connectivity index (χ2v) is 8.44. The van der Waals surface area contributed by atoms with Crippen molar-refractivity contribution in [2.75, 3.05) is 11.9 Å². The molecule has 0 atom stereocenters. The van der Waals surface area contributed by atoms with Crippen molar-refractivity contribution in [1.29, 1.82) is 0 Å². The summed E-state index contributed by atoms with van der Waals surface area (Å²) in [6.07, 6.45) is 4.83. The number of nitrogens with zero attached hydrogens (tertiary/aromatic N) is 1. The van der Waals surface area contributed by atoms with Gasteiger partial charge in [0, 0.05) is 50.8 Å². The van der Waals surface area contributed by atoms with Gasteiger partial charge in [-0.2, -0.15) is 0 Å². The van der Waals surface area contributed by atoms with Crippen molar-refractivity contribution in [3.8, 4) is 16.9 Å². The van der Waals surface area contributed by atoms with Gasteiger partial charge in [-0.3, -0.25) is 10.1 Å². The molecular formula is C23H18Cl2N2O3S. The van der Waals surface area contributed by atoms with E-state index >= 15 is 0 Å². The first-order valence-electron chi connectivity index (χ1n) is 9.49. The van der Waals surface area contributed by atoms with Crippen molar-refractivity contribution in [1.82, 2.24) is 4.98 Å². The second-order valence-electron chi connectivity index (χ2n) is 6.70. The molecule has 8 heteroatoms. The third kappa shape index (κ3) is 4.61. The number of allylic oxidation sites excluding steroid dienone is 1. The highest BCUT2D eigenvalue weighted by Gasteiger charge is 2.17. The van der Waals surface area contributed by atoms with Crippen LogP contribution in [0.1, 0.15) is 19.4 Å². The van der Waals surface area contributed by atoms with Crippen molar-refractivity contribution >= 4 is 62.1 Å². The molecule has 5 nitrogen and oxygen atoms in total. The van der Waals surface area contributed by atoms with Gasteiger partial charge in [-0.15, -0.1) is 11.3 Å². The van der Waals surface area contributed by atoms with Crippen LogP contribution in [0, 0.1) is 0 Å². The van der Waals surface area contributed by atoms with Crippen molar-refractivity contribution in [2.24, 2.45) is 0 Å². The average Bonchev–Trinajstić information content (AvgIpc) is 3.37. The van der Waals surface area contributed by atoms with Crippen molar-refractivity contribution < 1.29 is 13.9 Å². The first-order valence-corrected chi connectivity index (χ1v) is 11.1.